The molecule has 0 bridgehead atoms. The Kier molecular flexibility index (Phi) is 4.02. The number of anilines is 1. The van der Waals surface area contributed by atoms with Gasteiger partial charge in [0.25, 0.3) is 0 Å². The van der Waals surface area contributed by atoms with Crippen LogP contribution < -0.4 is 4.90 Å². The van der Waals surface area contributed by atoms with Gasteiger partial charge in [-0.25, -0.2) is 0 Å². The summed E-state index contributed by atoms with van der Waals surface area (Å²) in [4.78, 5) is 2.33. The lowest BCUT2D eigenvalue weighted by Crippen LogP contribution is -2.36. The number of benzene rings is 1. The first kappa shape index (κ1) is 12.4. The van der Waals surface area contributed by atoms with Gasteiger partial charge in [-0.3, -0.25) is 0 Å². The Morgan fingerprint density at radius 2 is 2.18 bits per heavy atom. The minimum Gasteiger partial charge on any atom is -0.396 e. The van der Waals surface area contributed by atoms with Crippen LogP contribution in [0.15, 0.2) is 18.2 Å². The Morgan fingerprint density at radius 3 is 2.82 bits per heavy atom. The number of hydrogen-bond acceptors (Lipinski definition) is 3. The third kappa shape index (κ3) is 2.79. The van der Waals surface area contributed by atoms with Crippen LogP contribution in [0.2, 0.25) is 0 Å². The van der Waals surface area contributed by atoms with Crippen molar-refractivity contribution in [3.05, 3.63) is 29.3 Å². The van der Waals surface area contributed by atoms with Gasteiger partial charge in [0, 0.05) is 25.4 Å². The third-order valence-electron chi connectivity index (χ3n) is 3.64. The monoisotopic (exact) mass is 235 g/mol. The summed E-state index contributed by atoms with van der Waals surface area (Å²) in [6.07, 6.45) is 2.27. The molecule has 1 aromatic rings. The van der Waals surface area contributed by atoms with Crippen molar-refractivity contribution in [1.82, 2.24) is 0 Å². The normalized spacial score (nSPS) is 20.6. The number of piperidine rings is 1. The van der Waals surface area contributed by atoms with E-state index >= 15 is 0 Å². The van der Waals surface area contributed by atoms with Gasteiger partial charge in [0.05, 0.1) is 6.61 Å². The smallest absolute Gasteiger partial charge is 0.0684 e. The van der Waals surface area contributed by atoms with Gasteiger partial charge >= 0.3 is 0 Å². The Bertz CT molecular complexity index is 378. The van der Waals surface area contributed by atoms with E-state index in [1.54, 1.807) is 0 Å². The standard InChI is InChI=1S/C14H21NO2/c1-11-7-14(5-4-13(11)10-17)15-6-2-3-12(8-15)9-16/h4-5,7,12,16-17H,2-3,6,8-10H2,1H3. The Balaban J connectivity index is 2.13. The molecular formula is C14H21NO2. The number of aryl methyl sites for hydroxylation is 1. The summed E-state index contributed by atoms with van der Waals surface area (Å²) < 4.78 is 0. The van der Waals surface area contributed by atoms with Gasteiger partial charge in [-0.1, -0.05) is 6.07 Å². The fourth-order valence-electron chi connectivity index (χ4n) is 2.50. The molecule has 94 valence electrons. The van der Waals surface area contributed by atoms with E-state index in [2.05, 4.69) is 17.0 Å². The average Bonchev–Trinajstić information content (AvgIpc) is 2.38. The predicted octanol–water partition coefficient (Wildman–Crippen LogP) is 1.70. The van der Waals surface area contributed by atoms with E-state index in [1.807, 2.05) is 13.0 Å². The largest absolute Gasteiger partial charge is 0.396 e. The molecule has 0 saturated carbocycles. The van der Waals surface area contributed by atoms with Crippen molar-refractivity contribution in [1.29, 1.82) is 0 Å². The Labute approximate surface area is 103 Å². The summed E-state index contributed by atoms with van der Waals surface area (Å²) in [6, 6.07) is 6.19. The molecule has 3 nitrogen and oxygen atoms in total. The molecule has 0 aliphatic carbocycles. The molecule has 2 rings (SSSR count). The van der Waals surface area contributed by atoms with Crippen molar-refractivity contribution in [3.63, 3.8) is 0 Å². The topological polar surface area (TPSA) is 43.7 Å². The predicted molar refractivity (Wildman–Crippen MR) is 69.1 cm³/mol. The fraction of sp³-hybridized carbons (Fsp3) is 0.571. The number of hydrogen-bond donors (Lipinski definition) is 2. The van der Waals surface area contributed by atoms with E-state index in [0.717, 1.165) is 37.1 Å². The molecule has 0 aromatic heterocycles. The molecule has 1 aliphatic rings. The van der Waals surface area contributed by atoms with Gasteiger partial charge in [-0.2, -0.15) is 0 Å². The van der Waals surface area contributed by atoms with Gasteiger partial charge in [0.15, 0.2) is 0 Å². The molecule has 1 aromatic carbocycles. The summed E-state index contributed by atoms with van der Waals surface area (Å²) in [5.41, 5.74) is 3.33. The van der Waals surface area contributed by atoms with Crippen LogP contribution >= 0.6 is 0 Å². The van der Waals surface area contributed by atoms with Crippen molar-refractivity contribution >= 4 is 5.69 Å². The minimum absolute atomic E-state index is 0.103. The zero-order chi connectivity index (χ0) is 12.3. The van der Waals surface area contributed by atoms with E-state index in [9.17, 15) is 5.11 Å². The van der Waals surface area contributed by atoms with E-state index in [4.69, 9.17) is 5.11 Å². The highest BCUT2D eigenvalue weighted by Gasteiger charge is 2.19. The first-order valence-corrected chi connectivity index (χ1v) is 6.30. The molecule has 0 amide bonds. The molecule has 3 heteroatoms. The minimum atomic E-state index is 0.103. The van der Waals surface area contributed by atoms with Crippen LogP contribution in [0.4, 0.5) is 5.69 Å². The second-order valence-corrected chi connectivity index (χ2v) is 4.91. The summed E-state index contributed by atoms with van der Waals surface area (Å²) in [5.74, 6) is 0.404. The lowest BCUT2D eigenvalue weighted by atomic mass is 9.98. The molecule has 1 atom stereocenters. The third-order valence-corrected chi connectivity index (χ3v) is 3.64. The summed E-state index contributed by atoms with van der Waals surface area (Å²) in [5, 5.41) is 18.4. The van der Waals surface area contributed by atoms with Crippen molar-refractivity contribution in [2.45, 2.75) is 26.4 Å². The highest BCUT2D eigenvalue weighted by atomic mass is 16.3. The SMILES string of the molecule is Cc1cc(N2CCCC(CO)C2)ccc1CO. The van der Waals surface area contributed by atoms with E-state index in [0.29, 0.717) is 5.92 Å². The number of aliphatic hydroxyl groups is 2. The van der Waals surface area contributed by atoms with Crippen molar-refractivity contribution in [3.8, 4) is 0 Å². The fourth-order valence-corrected chi connectivity index (χ4v) is 2.50. The van der Waals surface area contributed by atoms with Gasteiger partial charge in [-0.05, 0) is 48.9 Å². The average molecular weight is 235 g/mol. The summed E-state index contributed by atoms with van der Waals surface area (Å²) in [6.45, 7) is 4.42. The van der Waals surface area contributed by atoms with Crippen LogP contribution in [-0.4, -0.2) is 29.9 Å². The second-order valence-electron chi connectivity index (χ2n) is 4.91. The van der Waals surface area contributed by atoms with E-state index in [1.165, 1.54) is 5.69 Å². The summed E-state index contributed by atoms with van der Waals surface area (Å²) in [7, 11) is 0. The maximum atomic E-state index is 9.23. The Hall–Kier alpha value is -1.06. The van der Waals surface area contributed by atoms with Crippen LogP contribution in [0, 0.1) is 12.8 Å². The molecule has 1 heterocycles. The van der Waals surface area contributed by atoms with E-state index in [-0.39, 0.29) is 13.2 Å². The number of aliphatic hydroxyl groups excluding tert-OH is 2. The van der Waals surface area contributed by atoms with Crippen LogP contribution in [0.1, 0.15) is 24.0 Å². The lowest BCUT2D eigenvalue weighted by Gasteiger charge is -2.34. The van der Waals surface area contributed by atoms with Gasteiger partial charge in [0.1, 0.15) is 0 Å². The van der Waals surface area contributed by atoms with Crippen molar-refractivity contribution < 1.29 is 10.2 Å². The van der Waals surface area contributed by atoms with Crippen LogP contribution in [0.5, 0.6) is 0 Å². The van der Waals surface area contributed by atoms with Crippen molar-refractivity contribution in [2.24, 2.45) is 5.92 Å². The first-order chi connectivity index (χ1) is 8.24. The number of rotatable bonds is 3. The van der Waals surface area contributed by atoms with Crippen molar-refractivity contribution in [2.75, 3.05) is 24.6 Å². The van der Waals surface area contributed by atoms with Crippen LogP contribution in [0.25, 0.3) is 0 Å². The first-order valence-electron chi connectivity index (χ1n) is 6.30. The molecule has 1 aliphatic heterocycles. The second kappa shape index (κ2) is 5.52. The molecule has 1 saturated heterocycles. The quantitative estimate of drug-likeness (QED) is 0.838. The molecular weight excluding hydrogens is 214 g/mol. The maximum Gasteiger partial charge on any atom is 0.0684 e. The van der Waals surface area contributed by atoms with Crippen LogP contribution in [-0.2, 0) is 6.61 Å². The van der Waals surface area contributed by atoms with E-state index < -0.39 is 0 Å². The highest BCUT2D eigenvalue weighted by Crippen LogP contribution is 2.25. The van der Waals surface area contributed by atoms with Crippen LogP contribution in [0.3, 0.4) is 0 Å². The lowest BCUT2D eigenvalue weighted by molar-refractivity contribution is 0.208. The van der Waals surface area contributed by atoms with Gasteiger partial charge < -0.3 is 15.1 Å². The van der Waals surface area contributed by atoms with Gasteiger partial charge in [-0.15, -0.1) is 0 Å². The maximum absolute atomic E-state index is 9.23. The number of nitrogens with zero attached hydrogens (tertiary/aromatic N) is 1. The molecule has 17 heavy (non-hydrogen) atoms. The highest BCUT2D eigenvalue weighted by molar-refractivity contribution is 5.51. The zero-order valence-electron chi connectivity index (χ0n) is 10.4. The Morgan fingerprint density at radius 1 is 1.35 bits per heavy atom. The van der Waals surface area contributed by atoms with Gasteiger partial charge in [0.2, 0.25) is 0 Å². The summed E-state index contributed by atoms with van der Waals surface area (Å²) >= 11 is 0. The molecule has 0 radical (unpaired) electrons. The molecule has 1 fully saturated rings. The molecule has 2 N–H and O–H groups in total. The zero-order valence-corrected chi connectivity index (χ0v) is 10.4. The molecule has 1 unspecified atom stereocenters. The molecule has 0 spiro atoms.